The molecule has 0 saturated heterocycles. The predicted molar refractivity (Wildman–Crippen MR) is 78.3 cm³/mol. The van der Waals surface area contributed by atoms with Gasteiger partial charge in [-0.15, -0.1) is 24.8 Å². The Bertz CT molecular complexity index is 325. The first-order valence-electron chi connectivity index (χ1n) is 5.20. The molecule has 0 amide bonds. The monoisotopic (exact) mass is 280 g/mol. The topological polar surface area (TPSA) is 58.3 Å². The molecular formula is C12H22Cl2N2O. The molecule has 0 spiro atoms. The Kier molecular flexibility index (Phi) is 8.63. The van der Waals surface area contributed by atoms with Gasteiger partial charge in [0, 0.05) is 23.3 Å². The summed E-state index contributed by atoms with van der Waals surface area (Å²) in [4.78, 5) is 0. The number of hydrogen-bond acceptors (Lipinski definition) is 3. The van der Waals surface area contributed by atoms with Crippen molar-refractivity contribution < 1.29 is 5.11 Å². The number of rotatable bonds is 4. The fourth-order valence-corrected chi connectivity index (χ4v) is 1.35. The van der Waals surface area contributed by atoms with Gasteiger partial charge in [-0.2, -0.15) is 0 Å². The van der Waals surface area contributed by atoms with Gasteiger partial charge in [-0.1, -0.05) is 18.2 Å². The zero-order chi connectivity index (χ0) is 11.5. The van der Waals surface area contributed by atoms with Crippen LogP contribution < -0.4 is 11.1 Å². The van der Waals surface area contributed by atoms with Crippen molar-refractivity contribution in [3.8, 4) is 0 Å². The van der Waals surface area contributed by atoms with Crippen LogP contribution >= 0.6 is 24.8 Å². The van der Waals surface area contributed by atoms with Gasteiger partial charge in [0.15, 0.2) is 0 Å². The van der Waals surface area contributed by atoms with Crippen LogP contribution in [0.3, 0.4) is 0 Å². The van der Waals surface area contributed by atoms with Crippen molar-refractivity contribution in [3.05, 3.63) is 29.8 Å². The summed E-state index contributed by atoms with van der Waals surface area (Å²) in [6.07, 6.45) is -0.463. The maximum Gasteiger partial charge on any atom is 0.0781 e. The molecule has 17 heavy (non-hydrogen) atoms. The molecule has 1 aromatic rings. The first-order valence-corrected chi connectivity index (χ1v) is 5.20. The molecule has 1 atom stereocenters. The van der Waals surface area contributed by atoms with Crippen molar-refractivity contribution in [1.82, 2.24) is 0 Å². The summed E-state index contributed by atoms with van der Waals surface area (Å²) < 4.78 is 0. The van der Waals surface area contributed by atoms with Crippen LogP contribution in [0.2, 0.25) is 0 Å². The van der Waals surface area contributed by atoms with Crippen LogP contribution in [-0.2, 0) is 0 Å². The Hall–Kier alpha value is -0.480. The van der Waals surface area contributed by atoms with E-state index in [2.05, 4.69) is 5.32 Å². The molecule has 1 unspecified atom stereocenters. The van der Waals surface area contributed by atoms with Gasteiger partial charge in [0.25, 0.3) is 0 Å². The minimum absolute atomic E-state index is 0. The summed E-state index contributed by atoms with van der Waals surface area (Å²) >= 11 is 0. The standard InChI is InChI=1S/C12H20N2O.2ClH/c1-9(15)10-6-4-5-7-11(10)14-8-12(2,3)13;;/h4-7,9,14-15H,8,13H2,1-3H3;2*1H. The molecule has 4 N–H and O–H groups in total. The molecule has 0 aliphatic heterocycles. The number of benzene rings is 1. The molecular weight excluding hydrogens is 259 g/mol. The summed E-state index contributed by atoms with van der Waals surface area (Å²) in [5.41, 5.74) is 7.48. The Morgan fingerprint density at radius 2 is 1.82 bits per heavy atom. The van der Waals surface area contributed by atoms with Crippen molar-refractivity contribution in [3.63, 3.8) is 0 Å². The third-order valence-corrected chi connectivity index (χ3v) is 2.15. The Morgan fingerprint density at radius 1 is 1.29 bits per heavy atom. The van der Waals surface area contributed by atoms with Gasteiger partial charge in [0.1, 0.15) is 0 Å². The summed E-state index contributed by atoms with van der Waals surface area (Å²) in [6.45, 7) is 6.36. The second-order valence-corrected chi connectivity index (χ2v) is 4.61. The van der Waals surface area contributed by atoms with E-state index in [1.54, 1.807) is 6.92 Å². The minimum atomic E-state index is -0.463. The lowest BCUT2D eigenvalue weighted by atomic mass is 10.1. The van der Waals surface area contributed by atoms with E-state index >= 15 is 0 Å². The third kappa shape index (κ3) is 6.74. The molecule has 0 aliphatic carbocycles. The lowest BCUT2D eigenvalue weighted by Gasteiger charge is -2.21. The van der Waals surface area contributed by atoms with Gasteiger partial charge in [-0.3, -0.25) is 0 Å². The van der Waals surface area contributed by atoms with E-state index in [0.29, 0.717) is 6.54 Å². The number of nitrogens with two attached hydrogens (primary N) is 1. The highest BCUT2D eigenvalue weighted by atomic mass is 35.5. The third-order valence-electron chi connectivity index (χ3n) is 2.15. The van der Waals surface area contributed by atoms with Gasteiger partial charge in [0.05, 0.1) is 6.10 Å². The maximum absolute atomic E-state index is 9.56. The highest BCUT2D eigenvalue weighted by Gasteiger charge is 2.12. The average molecular weight is 281 g/mol. The van der Waals surface area contributed by atoms with Gasteiger partial charge < -0.3 is 16.2 Å². The van der Waals surface area contributed by atoms with E-state index in [9.17, 15) is 5.11 Å². The summed E-state index contributed by atoms with van der Waals surface area (Å²) in [5.74, 6) is 0. The average Bonchev–Trinajstić information content (AvgIpc) is 2.14. The lowest BCUT2D eigenvalue weighted by Crippen LogP contribution is -2.39. The molecule has 0 bridgehead atoms. The molecule has 0 radical (unpaired) electrons. The van der Waals surface area contributed by atoms with Gasteiger partial charge in [0.2, 0.25) is 0 Å². The van der Waals surface area contributed by atoms with Crippen molar-refractivity contribution in [2.75, 3.05) is 11.9 Å². The van der Waals surface area contributed by atoms with Crippen molar-refractivity contribution in [1.29, 1.82) is 0 Å². The smallest absolute Gasteiger partial charge is 0.0781 e. The SMILES string of the molecule is CC(O)c1ccccc1NCC(C)(C)N.Cl.Cl. The number of aliphatic hydroxyl groups excluding tert-OH is 1. The molecule has 1 aromatic carbocycles. The number of hydrogen-bond donors (Lipinski definition) is 3. The maximum atomic E-state index is 9.56. The van der Waals surface area contributed by atoms with Crippen LogP contribution in [0.15, 0.2) is 24.3 Å². The number of aliphatic hydroxyl groups is 1. The van der Waals surface area contributed by atoms with Crippen LogP contribution in [0, 0.1) is 0 Å². The fraction of sp³-hybridized carbons (Fsp3) is 0.500. The van der Waals surface area contributed by atoms with Crippen molar-refractivity contribution in [2.24, 2.45) is 5.73 Å². The van der Waals surface area contributed by atoms with Gasteiger partial charge >= 0.3 is 0 Å². The number of halogens is 2. The van der Waals surface area contributed by atoms with Crippen LogP contribution in [0.4, 0.5) is 5.69 Å². The fourth-order valence-electron chi connectivity index (χ4n) is 1.35. The highest BCUT2D eigenvalue weighted by Crippen LogP contribution is 2.22. The minimum Gasteiger partial charge on any atom is -0.389 e. The normalized spacial score (nSPS) is 12.1. The van der Waals surface area contributed by atoms with Crippen LogP contribution in [-0.4, -0.2) is 17.2 Å². The van der Waals surface area contributed by atoms with Crippen LogP contribution in [0.5, 0.6) is 0 Å². The van der Waals surface area contributed by atoms with Crippen LogP contribution in [0.1, 0.15) is 32.4 Å². The number of nitrogens with one attached hydrogen (secondary N) is 1. The Labute approximate surface area is 116 Å². The zero-order valence-corrected chi connectivity index (χ0v) is 12.1. The lowest BCUT2D eigenvalue weighted by molar-refractivity contribution is 0.200. The summed E-state index contributed by atoms with van der Waals surface area (Å²) in [5, 5.41) is 12.8. The molecule has 0 aromatic heterocycles. The second kappa shape index (κ2) is 7.77. The van der Waals surface area contributed by atoms with E-state index in [0.717, 1.165) is 11.3 Å². The van der Waals surface area contributed by atoms with Crippen molar-refractivity contribution >= 4 is 30.5 Å². The second-order valence-electron chi connectivity index (χ2n) is 4.61. The van der Waals surface area contributed by atoms with E-state index < -0.39 is 6.10 Å². The quantitative estimate of drug-likeness (QED) is 0.795. The summed E-state index contributed by atoms with van der Waals surface area (Å²) in [7, 11) is 0. The van der Waals surface area contributed by atoms with Gasteiger partial charge in [-0.05, 0) is 26.8 Å². The number of anilines is 1. The number of para-hydroxylation sites is 1. The van der Waals surface area contributed by atoms with E-state index in [-0.39, 0.29) is 30.4 Å². The molecule has 3 nitrogen and oxygen atoms in total. The summed E-state index contributed by atoms with van der Waals surface area (Å²) in [6, 6.07) is 7.73. The van der Waals surface area contributed by atoms with E-state index in [4.69, 9.17) is 5.73 Å². The van der Waals surface area contributed by atoms with E-state index in [1.165, 1.54) is 0 Å². The molecule has 0 fully saturated rings. The molecule has 0 saturated carbocycles. The molecule has 0 heterocycles. The Morgan fingerprint density at radius 3 is 2.29 bits per heavy atom. The highest BCUT2D eigenvalue weighted by molar-refractivity contribution is 5.85. The first kappa shape index (κ1) is 18.9. The predicted octanol–water partition coefficient (Wildman–Crippen LogP) is 2.73. The van der Waals surface area contributed by atoms with Gasteiger partial charge in [-0.25, -0.2) is 0 Å². The Balaban J connectivity index is 0. The molecule has 5 heteroatoms. The van der Waals surface area contributed by atoms with E-state index in [1.807, 2.05) is 38.1 Å². The first-order chi connectivity index (χ1) is 6.90. The molecule has 1 rings (SSSR count). The molecule has 100 valence electrons. The zero-order valence-electron chi connectivity index (χ0n) is 10.4. The van der Waals surface area contributed by atoms with Crippen LogP contribution in [0.25, 0.3) is 0 Å². The molecule has 0 aliphatic rings. The van der Waals surface area contributed by atoms with Crippen molar-refractivity contribution in [2.45, 2.75) is 32.4 Å². The largest absolute Gasteiger partial charge is 0.389 e.